The molecule has 62 valence electrons. The van der Waals surface area contributed by atoms with E-state index in [0.29, 0.717) is 0 Å². The molecule has 11 heteroatoms. The zero-order chi connectivity index (χ0) is 7.71. The summed E-state index contributed by atoms with van der Waals surface area (Å²) in [6.45, 7) is 0. The average molecular weight is 228 g/mol. The van der Waals surface area contributed by atoms with Crippen molar-refractivity contribution in [3.63, 3.8) is 0 Å². The van der Waals surface area contributed by atoms with Crippen molar-refractivity contribution < 1.29 is 33.0 Å². The van der Waals surface area contributed by atoms with Crippen LogP contribution in [0.2, 0.25) is 0 Å². The summed E-state index contributed by atoms with van der Waals surface area (Å²) in [7, 11) is -10.1. The molecule has 0 aliphatic carbocycles. The van der Waals surface area contributed by atoms with Gasteiger partial charge in [0, 0.05) is 0 Å². The van der Waals surface area contributed by atoms with Crippen molar-refractivity contribution >= 4 is 68.3 Å². The summed E-state index contributed by atoms with van der Waals surface area (Å²) in [6.07, 6.45) is 0. The normalized spacial score (nSPS) is 11.3. The van der Waals surface area contributed by atoms with Gasteiger partial charge in [-0.25, -0.2) is 9.13 Å². The van der Waals surface area contributed by atoms with Crippen molar-refractivity contribution in [3.8, 4) is 0 Å². The Morgan fingerprint density at radius 3 is 1.09 bits per heavy atom. The van der Waals surface area contributed by atoms with Crippen molar-refractivity contribution in [2.75, 3.05) is 0 Å². The topological polar surface area (TPSA) is 124 Å². The molecule has 0 heterocycles. The van der Waals surface area contributed by atoms with Crippen molar-refractivity contribution in [2.24, 2.45) is 0 Å². The number of hydrogen-bond acceptors (Lipinski definition) is 3. The third-order valence-electron chi connectivity index (χ3n) is 0.213. The Kier molecular flexibility index (Phi) is 11.0. The summed E-state index contributed by atoms with van der Waals surface area (Å²) in [5.41, 5.74) is 0. The first-order chi connectivity index (χ1) is 3.71. The van der Waals surface area contributed by atoms with Gasteiger partial charge >= 0.3 is 68.3 Å². The third-order valence-corrected chi connectivity index (χ3v) is 1.91. The van der Waals surface area contributed by atoms with Crippen molar-refractivity contribution in [2.45, 2.75) is 0 Å². The molecule has 0 aromatic carbocycles. The van der Waals surface area contributed by atoms with Crippen LogP contribution in [0.1, 0.15) is 0 Å². The molecule has 0 rings (SSSR count). The standard InChI is InChI=1S/Mg.Na.H4O7P2.3H/c;;1-8(2,3)7-9(4,5)6;;;/h;;(H2,1,2,3)(H2,4,5,6);;;. The van der Waals surface area contributed by atoms with Crippen molar-refractivity contribution in [3.05, 3.63) is 0 Å². The Morgan fingerprint density at radius 1 is 0.909 bits per heavy atom. The van der Waals surface area contributed by atoms with Gasteiger partial charge in [0.25, 0.3) is 0 Å². The summed E-state index contributed by atoms with van der Waals surface area (Å²) in [4.78, 5) is 31.0. The van der Waals surface area contributed by atoms with Crippen LogP contribution in [0, 0.1) is 0 Å². The molecule has 7 nitrogen and oxygen atoms in total. The number of phosphoric acid groups is 2. The predicted molar refractivity (Wildman–Crippen MR) is 40.9 cm³/mol. The maximum atomic E-state index is 9.63. The van der Waals surface area contributed by atoms with Gasteiger partial charge in [-0.1, -0.05) is 0 Å². The van der Waals surface area contributed by atoms with E-state index in [1.807, 2.05) is 0 Å². The van der Waals surface area contributed by atoms with Crippen LogP contribution in [0.25, 0.3) is 0 Å². The molecule has 0 amide bonds. The minimum absolute atomic E-state index is 0. The fourth-order valence-corrected chi connectivity index (χ4v) is 1.25. The van der Waals surface area contributed by atoms with Crippen LogP contribution in [-0.4, -0.2) is 72.2 Å². The van der Waals surface area contributed by atoms with E-state index in [9.17, 15) is 9.13 Å². The molecule has 0 aliphatic heterocycles. The molecule has 0 spiro atoms. The Labute approximate surface area is 100 Å². The van der Waals surface area contributed by atoms with Gasteiger partial charge in [-0.15, -0.1) is 0 Å². The molecule has 0 bridgehead atoms. The summed E-state index contributed by atoms with van der Waals surface area (Å²) >= 11 is 0. The van der Waals surface area contributed by atoms with E-state index in [4.69, 9.17) is 19.6 Å². The van der Waals surface area contributed by atoms with Crippen molar-refractivity contribution in [1.82, 2.24) is 0 Å². The van der Waals surface area contributed by atoms with Gasteiger partial charge in [-0.2, -0.15) is 4.31 Å². The zero-order valence-electron chi connectivity index (χ0n) is 3.91. The summed E-state index contributed by atoms with van der Waals surface area (Å²) in [5.74, 6) is 0. The molecule has 0 radical (unpaired) electrons. The van der Waals surface area contributed by atoms with Crippen LogP contribution in [0.4, 0.5) is 0 Å². The first kappa shape index (κ1) is 18.7. The van der Waals surface area contributed by atoms with E-state index in [1.54, 1.807) is 0 Å². The minimum atomic E-state index is -5.05. The molecule has 0 saturated carbocycles. The molecule has 0 aliphatic rings. The first-order valence-corrected chi connectivity index (χ1v) is 4.59. The van der Waals surface area contributed by atoms with E-state index >= 15 is 0 Å². The average Bonchev–Trinajstić information content (AvgIpc) is 1.14. The van der Waals surface area contributed by atoms with Crippen molar-refractivity contribution in [1.29, 1.82) is 0 Å². The van der Waals surface area contributed by atoms with E-state index in [-0.39, 0.29) is 52.6 Å². The van der Waals surface area contributed by atoms with E-state index in [2.05, 4.69) is 4.31 Å². The molecule has 0 saturated heterocycles. The molecule has 0 fully saturated rings. The summed E-state index contributed by atoms with van der Waals surface area (Å²) in [6, 6.07) is 0. The second-order valence-electron chi connectivity index (χ2n) is 1.06. The fraction of sp³-hybridized carbons (Fsp3) is 0. The van der Waals surface area contributed by atoms with Gasteiger partial charge in [0.05, 0.1) is 0 Å². The van der Waals surface area contributed by atoms with E-state index in [1.165, 1.54) is 0 Å². The van der Waals surface area contributed by atoms with Gasteiger partial charge in [0.1, 0.15) is 0 Å². The molecular formula is H7MgNaO7P2. The van der Waals surface area contributed by atoms with Gasteiger partial charge in [0.2, 0.25) is 0 Å². The monoisotopic (exact) mass is 228 g/mol. The molecule has 11 heavy (non-hydrogen) atoms. The number of hydrogen-bond donors (Lipinski definition) is 4. The molecule has 0 atom stereocenters. The van der Waals surface area contributed by atoms with Crippen LogP contribution < -0.4 is 0 Å². The second kappa shape index (κ2) is 6.48. The molecule has 0 aromatic heterocycles. The Balaban J connectivity index is -0.000000320. The van der Waals surface area contributed by atoms with Crippen LogP contribution in [0.15, 0.2) is 0 Å². The van der Waals surface area contributed by atoms with Gasteiger partial charge in [-0.05, 0) is 0 Å². The van der Waals surface area contributed by atoms with Crippen LogP contribution in [-0.2, 0) is 13.4 Å². The Bertz CT molecular complexity index is 157. The maximum absolute atomic E-state index is 9.63. The van der Waals surface area contributed by atoms with E-state index < -0.39 is 15.6 Å². The van der Waals surface area contributed by atoms with Crippen LogP contribution in [0.3, 0.4) is 0 Å². The SMILES string of the molecule is O=P(O)(O)OP(=O)(O)O.[MgH2].[NaH]. The first-order valence-electron chi connectivity index (χ1n) is 1.53. The summed E-state index contributed by atoms with van der Waals surface area (Å²) < 4.78 is 22.2. The molecule has 0 aromatic rings. The van der Waals surface area contributed by atoms with Crippen LogP contribution >= 0.6 is 15.6 Å². The van der Waals surface area contributed by atoms with Gasteiger partial charge < -0.3 is 19.6 Å². The van der Waals surface area contributed by atoms with Crippen LogP contribution in [0.5, 0.6) is 0 Å². The fourth-order valence-electron chi connectivity index (χ4n) is 0.139. The van der Waals surface area contributed by atoms with E-state index in [0.717, 1.165) is 0 Å². The molecule has 4 N–H and O–H groups in total. The quantitative estimate of drug-likeness (QED) is 0.307. The Hall–Kier alpha value is 2.03. The molecular weight excluding hydrogens is 221 g/mol. The van der Waals surface area contributed by atoms with Gasteiger partial charge in [0.15, 0.2) is 0 Å². The molecule has 0 unspecified atom stereocenters. The zero-order valence-corrected chi connectivity index (χ0v) is 5.70. The second-order valence-corrected chi connectivity index (χ2v) is 3.68. The number of rotatable bonds is 2. The van der Waals surface area contributed by atoms with Gasteiger partial charge in [-0.3, -0.25) is 0 Å². The third kappa shape index (κ3) is 18.8. The Morgan fingerprint density at radius 2 is 1.09 bits per heavy atom. The predicted octanol–water partition coefficient (Wildman–Crippen LogP) is -2.38. The summed E-state index contributed by atoms with van der Waals surface area (Å²) in [5, 5.41) is 0.